The third-order valence-electron chi connectivity index (χ3n) is 3.29. The minimum atomic E-state index is -5.13. The molecule has 0 spiro atoms. The first kappa shape index (κ1) is 22.8. The molecule has 5 nitrogen and oxygen atoms in total. The quantitative estimate of drug-likeness (QED) is 0.265. The average Bonchev–Trinajstić information content (AvgIpc) is 2.54. The topological polar surface area (TPSA) is 60.8 Å². The lowest BCUT2D eigenvalue weighted by Gasteiger charge is -2.20. The highest BCUT2D eigenvalue weighted by Gasteiger charge is 2.42. The molecule has 0 amide bonds. The Kier molecular flexibility index (Phi) is 8.11. The van der Waals surface area contributed by atoms with Crippen molar-refractivity contribution >= 4 is 18.1 Å². The van der Waals surface area contributed by atoms with E-state index in [-0.39, 0.29) is 31.1 Å². The largest absolute Gasteiger partial charge is 0.483 e. The predicted molar refractivity (Wildman–Crippen MR) is 88.5 cm³/mol. The second kappa shape index (κ2) is 9.61. The zero-order valence-corrected chi connectivity index (χ0v) is 15.4. The molecule has 1 rings (SSSR count). The molecule has 0 N–H and O–H groups in total. The fourth-order valence-corrected chi connectivity index (χ4v) is 2.34. The lowest BCUT2D eigenvalue weighted by Crippen LogP contribution is -2.22. The summed E-state index contributed by atoms with van der Waals surface area (Å²) in [6, 6.07) is 0. The van der Waals surface area contributed by atoms with Crippen molar-refractivity contribution in [1.82, 2.24) is 4.98 Å². The Balaban J connectivity index is 3.92. The van der Waals surface area contributed by atoms with Gasteiger partial charge in [0.25, 0.3) is 6.43 Å². The van der Waals surface area contributed by atoms with Gasteiger partial charge in [0, 0.05) is 0 Å². The van der Waals surface area contributed by atoms with Crippen LogP contribution >= 0.6 is 0 Å². The van der Waals surface area contributed by atoms with E-state index in [1.165, 1.54) is 6.92 Å². The van der Waals surface area contributed by atoms with Crippen LogP contribution in [-0.2, 0) is 22.1 Å². The van der Waals surface area contributed by atoms with Gasteiger partial charge in [-0.3, -0.25) is 0 Å². The van der Waals surface area contributed by atoms with Gasteiger partial charge in [-0.2, -0.15) is 13.2 Å². The fourth-order valence-electron chi connectivity index (χ4n) is 2.34. The van der Waals surface area contributed by atoms with Crippen LogP contribution in [0.2, 0.25) is 0 Å². The number of rotatable bonds is 8. The van der Waals surface area contributed by atoms with Gasteiger partial charge in [-0.15, -0.1) is 0 Å². The van der Waals surface area contributed by atoms with Crippen LogP contribution in [0.25, 0.3) is 0 Å². The van der Waals surface area contributed by atoms with Crippen LogP contribution in [0.1, 0.15) is 61.4 Å². The molecule has 0 aliphatic rings. The number of carbonyl (C=O) groups is 1. The molecule has 10 heteroatoms. The SMILES string of the molecule is CCOC=Nc1c(C(F)F)nc(C(F)(F)F)c(C(=O)OCC)c1CC(C)C. The molecule has 1 aromatic heterocycles. The lowest BCUT2D eigenvalue weighted by molar-refractivity contribution is -0.142. The van der Waals surface area contributed by atoms with E-state index in [2.05, 4.69) is 9.98 Å². The second-order valence-electron chi connectivity index (χ2n) is 5.85. The summed E-state index contributed by atoms with van der Waals surface area (Å²) >= 11 is 0. The van der Waals surface area contributed by atoms with Gasteiger partial charge in [0.05, 0.1) is 24.5 Å². The molecule has 0 saturated heterocycles. The summed E-state index contributed by atoms with van der Waals surface area (Å²) in [5, 5.41) is 0. The van der Waals surface area contributed by atoms with E-state index in [1.807, 2.05) is 0 Å². The molecule has 0 radical (unpaired) electrons. The first-order valence-electron chi connectivity index (χ1n) is 8.27. The maximum absolute atomic E-state index is 13.5. The number of halogens is 5. The average molecular weight is 396 g/mol. The number of esters is 1. The van der Waals surface area contributed by atoms with Crippen molar-refractivity contribution < 1.29 is 36.2 Å². The van der Waals surface area contributed by atoms with Crippen molar-refractivity contribution in [2.75, 3.05) is 13.2 Å². The Morgan fingerprint density at radius 1 is 1.22 bits per heavy atom. The van der Waals surface area contributed by atoms with Crippen LogP contribution in [0.3, 0.4) is 0 Å². The van der Waals surface area contributed by atoms with Crippen LogP contribution in [0.5, 0.6) is 0 Å². The molecule has 1 aromatic rings. The van der Waals surface area contributed by atoms with Gasteiger partial charge in [-0.1, -0.05) is 13.8 Å². The molecule has 0 atom stereocenters. The van der Waals surface area contributed by atoms with E-state index in [9.17, 15) is 26.7 Å². The van der Waals surface area contributed by atoms with E-state index >= 15 is 0 Å². The Morgan fingerprint density at radius 3 is 2.30 bits per heavy atom. The summed E-state index contributed by atoms with van der Waals surface area (Å²) in [5.41, 5.74) is -4.57. The van der Waals surface area contributed by atoms with Gasteiger partial charge in [-0.25, -0.2) is 23.6 Å². The smallest absolute Gasteiger partial charge is 0.434 e. The number of aromatic nitrogens is 1. The normalized spacial score (nSPS) is 12.3. The van der Waals surface area contributed by atoms with E-state index in [0.29, 0.717) is 0 Å². The Hall–Kier alpha value is -2.26. The summed E-state index contributed by atoms with van der Waals surface area (Å²) < 4.78 is 76.9. The molecule has 0 aliphatic carbocycles. The van der Waals surface area contributed by atoms with Crippen LogP contribution in [-0.4, -0.2) is 30.6 Å². The number of ether oxygens (including phenoxy) is 2. The van der Waals surface area contributed by atoms with Crippen LogP contribution in [0.15, 0.2) is 4.99 Å². The van der Waals surface area contributed by atoms with E-state index in [0.717, 1.165) is 6.40 Å². The predicted octanol–water partition coefficient (Wildman–Crippen LogP) is 5.11. The molecular formula is C17H21F5N2O3. The van der Waals surface area contributed by atoms with Gasteiger partial charge in [0.2, 0.25) is 0 Å². The zero-order valence-electron chi connectivity index (χ0n) is 15.4. The maximum Gasteiger partial charge on any atom is 0.434 e. The standard InChI is InChI=1S/C17H21F5N2O3/c1-5-26-8-23-12-10(7-9(3)4)11(16(25)27-6-2)14(17(20,21)22)24-13(12)15(18)19/h8-9,15H,5-7H2,1-4H3. The Bertz CT molecular complexity index is 688. The van der Waals surface area contributed by atoms with Crippen molar-refractivity contribution in [3.05, 3.63) is 22.5 Å². The van der Waals surface area contributed by atoms with Crippen LogP contribution in [0.4, 0.5) is 27.6 Å². The number of aliphatic imine (C=N–C) groups is 1. The van der Waals surface area contributed by atoms with Crippen LogP contribution < -0.4 is 0 Å². The van der Waals surface area contributed by atoms with Crippen molar-refractivity contribution in [3.8, 4) is 0 Å². The van der Waals surface area contributed by atoms with Gasteiger partial charge in [0.1, 0.15) is 5.69 Å². The Labute approximate surface area is 153 Å². The molecule has 0 aromatic carbocycles. The highest BCUT2D eigenvalue weighted by molar-refractivity contribution is 5.94. The minimum absolute atomic E-state index is 0.113. The fraction of sp³-hybridized carbons (Fsp3) is 0.588. The molecule has 0 bridgehead atoms. The Morgan fingerprint density at radius 2 is 1.85 bits per heavy atom. The van der Waals surface area contributed by atoms with Gasteiger partial charge in [-0.05, 0) is 31.7 Å². The van der Waals surface area contributed by atoms with Crippen molar-refractivity contribution in [2.45, 2.75) is 46.7 Å². The summed E-state index contributed by atoms with van der Waals surface area (Å²) in [4.78, 5) is 19.0. The number of hydrogen-bond donors (Lipinski definition) is 0. The lowest BCUT2D eigenvalue weighted by atomic mass is 9.94. The van der Waals surface area contributed by atoms with Crippen molar-refractivity contribution in [2.24, 2.45) is 10.9 Å². The number of pyridine rings is 1. The van der Waals surface area contributed by atoms with E-state index < -0.39 is 41.2 Å². The van der Waals surface area contributed by atoms with Gasteiger partial charge < -0.3 is 9.47 Å². The monoisotopic (exact) mass is 396 g/mol. The molecule has 152 valence electrons. The minimum Gasteiger partial charge on any atom is -0.483 e. The number of carbonyl (C=O) groups excluding carboxylic acids is 1. The van der Waals surface area contributed by atoms with E-state index in [1.54, 1.807) is 20.8 Å². The molecule has 0 unspecified atom stereocenters. The summed E-state index contributed by atoms with van der Waals surface area (Å²) in [5.74, 6) is -1.55. The molecule has 0 fully saturated rings. The molecule has 0 aliphatic heterocycles. The first-order valence-corrected chi connectivity index (χ1v) is 8.27. The van der Waals surface area contributed by atoms with E-state index in [4.69, 9.17) is 9.47 Å². The van der Waals surface area contributed by atoms with Gasteiger partial charge in [0.15, 0.2) is 12.1 Å². The summed E-state index contributed by atoms with van der Waals surface area (Å²) in [6.45, 7) is 6.35. The second-order valence-corrected chi connectivity index (χ2v) is 5.85. The zero-order chi connectivity index (χ0) is 20.8. The third kappa shape index (κ3) is 5.86. The maximum atomic E-state index is 13.5. The van der Waals surface area contributed by atoms with Crippen molar-refractivity contribution in [1.29, 1.82) is 0 Å². The third-order valence-corrected chi connectivity index (χ3v) is 3.29. The van der Waals surface area contributed by atoms with Crippen molar-refractivity contribution in [3.63, 3.8) is 0 Å². The first-order chi connectivity index (χ1) is 12.5. The summed E-state index contributed by atoms with van der Waals surface area (Å²) in [7, 11) is 0. The highest BCUT2D eigenvalue weighted by Crippen LogP contribution is 2.41. The molecule has 0 saturated carbocycles. The highest BCUT2D eigenvalue weighted by atomic mass is 19.4. The van der Waals surface area contributed by atoms with Crippen LogP contribution in [0, 0.1) is 5.92 Å². The number of hydrogen-bond acceptors (Lipinski definition) is 5. The number of nitrogens with zero attached hydrogens (tertiary/aromatic N) is 2. The molecule has 1 heterocycles. The molecule has 27 heavy (non-hydrogen) atoms. The summed E-state index contributed by atoms with van der Waals surface area (Å²) in [6.07, 6.45) is -7.73. The van der Waals surface area contributed by atoms with Gasteiger partial charge >= 0.3 is 12.1 Å². The number of alkyl halides is 5. The molecular weight excluding hydrogens is 375 g/mol.